The summed E-state index contributed by atoms with van der Waals surface area (Å²) < 4.78 is 0. The molecule has 0 spiro atoms. The number of quaternary nitrogens is 1. The van der Waals surface area contributed by atoms with Gasteiger partial charge in [-0.3, -0.25) is 19.7 Å². The normalized spacial score (nSPS) is 14.5. The van der Waals surface area contributed by atoms with Crippen molar-refractivity contribution in [3.63, 3.8) is 0 Å². The van der Waals surface area contributed by atoms with Crippen LogP contribution in [0, 0.1) is 17.0 Å². The van der Waals surface area contributed by atoms with Crippen LogP contribution in [0.15, 0.2) is 48.5 Å². The molecule has 2 aromatic rings. The van der Waals surface area contributed by atoms with E-state index in [9.17, 15) is 19.7 Å². The number of para-hydroxylation sites is 1. The first-order valence-corrected chi connectivity index (χ1v) is 9.17. The first-order valence-electron chi connectivity index (χ1n) is 9.17. The molecule has 2 N–H and O–H groups in total. The summed E-state index contributed by atoms with van der Waals surface area (Å²) in [6.07, 6.45) is 0. The second-order valence-electron chi connectivity index (χ2n) is 6.86. The third kappa shape index (κ3) is 4.52. The Balaban J connectivity index is 1.55. The fraction of sp³-hybridized carbons (Fsp3) is 0.300. The van der Waals surface area contributed by atoms with Crippen molar-refractivity contribution in [2.75, 3.05) is 38.0 Å². The average Bonchev–Trinajstić information content (AvgIpc) is 2.70. The molecular weight excluding hydrogens is 360 g/mol. The number of aryl methyl sites for hydroxylation is 1. The van der Waals surface area contributed by atoms with Gasteiger partial charge in [-0.05, 0) is 24.6 Å². The number of nitro benzene ring substituents is 1. The zero-order valence-electron chi connectivity index (χ0n) is 15.7. The van der Waals surface area contributed by atoms with E-state index in [0.717, 1.165) is 4.90 Å². The Labute approximate surface area is 162 Å². The van der Waals surface area contributed by atoms with Crippen LogP contribution in [0.25, 0.3) is 0 Å². The quantitative estimate of drug-likeness (QED) is 0.592. The minimum Gasteiger partial charge on any atom is -0.327 e. The largest absolute Gasteiger partial charge is 0.327 e. The number of hydrogen-bond acceptors (Lipinski definition) is 4. The number of nitro groups is 1. The Morgan fingerprint density at radius 1 is 1.11 bits per heavy atom. The van der Waals surface area contributed by atoms with Gasteiger partial charge in [0.15, 0.2) is 6.54 Å². The first kappa shape index (κ1) is 19.5. The summed E-state index contributed by atoms with van der Waals surface area (Å²) in [5.41, 5.74) is 1.45. The number of hydrogen-bond donors (Lipinski definition) is 2. The molecule has 0 saturated carbocycles. The van der Waals surface area contributed by atoms with E-state index in [2.05, 4.69) is 5.32 Å². The predicted octanol–water partition coefficient (Wildman–Crippen LogP) is 0.883. The third-order valence-corrected chi connectivity index (χ3v) is 4.90. The third-order valence-electron chi connectivity index (χ3n) is 4.90. The Hall–Kier alpha value is -3.26. The molecule has 8 heteroatoms. The van der Waals surface area contributed by atoms with Crippen LogP contribution in [0.1, 0.15) is 15.9 Å². The van der Waals surface area contributed by atoms with Crippen molar-refractivity contribution >= 4 is 23.2 Å². The maximum absolute atomic E-state index is 12.5. The van der Waals surface area contributed by atoms with E-state index in [-0.39, 0.29) is 29.7 Å². The number of amides is 2. The van der Waals surface area contributed by atoms with Crippen LogP contribution in [0.3, 0.4) is 0 Å². The minimum atomic E-state index is -0.497. The number of nitrogens with zero attached hydrogens (tertiary/aromatic N) is 2. The molecule has 0 aliphatic carbocycles. The lowest BCUT2D eigenvalue weighted by molar-refractivity contribution is -0.895. The fourth-order valence-corrected chi connectivity index (χ4v) is 3.34. The minimum absolute atomic E-state index is 0.000336. The summed E-state index contributed by atoms with van der Waals surface area (Å²) in [6, 6.07) is 13.8. The van der Waals surface area contributed by atoms with E-state index in [1.165, 1.54) is 6.07 Å². The highest BCUT2D eigenvalue weighted by atomic mass is 16.6. The Morgan fingerprint density at radius 2 is 1.79 bits per heavy atom. The molecule has 2 amide bonds. The Morgan fingerprint density at radius 3 is 2.43 bits per heavy atom. The molecular formula is C20H23N4O4+. The van der Waals surface area contributed by atoms with E-state index < -0.39 is 4.92 Å². The highest BCUT2D eigenvalue weighted by Gasteiger charge is 2.26. The van der Waals surface area contributed by atoms with Crippen LogP contribution in [0.2, 0.25) is 0 Å². The van der Waals surface area contributed by atoms with Gasteiger partial charge in [0.1, 0.15) is 5.69 Å². The van der Waals surface area contributed by atoms with Crippen molar-refractivity contribution in [1.29, 1.82) is 0 Å². The van der Waals surface area contributed by atoms with Crippen molar-refractivity contribution in [3.05, 3.63) is 69.8 Å². The zero-order chi connectivity index (χ0) is 20.1. The monoisotopic (exact) mass is 383 g/mol. The first-order chi connectivity index (χ1) is 13.5. The maximum Gasteiger partial charge on any atom is 0.293 e. The molecule has 1 heterocycles. The molecule has 0 atom stereocenters. The molecule has 0 unspecified atom stereocenters. The summed E-state index contributed by atoms with van der Waals surface area (Å²) >= 11 is 0. The molecule has 0 aromatic heterocycles. The molecule has 2 aromatic carbocycles. The number of nitrogens with one attached hydrogen (secondary N) is 2. The van der Waals surface area contributed by atoms with E-state index in [0.29, 0.717) is 37.3 Å². The Bertz CT molecular complexity index is 877. The van der Waals surface area contributed by atoms with Gasteiger partial charge in [0, 0.05) is 11.6 Å². The highest BCUT2D eigenvalue weighted by Crippen LogP contribution is 2.27. The van der Waals surface area contributed by atoms with Gasteiger partial charge in [0.2, 0.25) is 0 Å². The topological polar surface area (TPSA) is 97.0 Å². The van der Waals surface area contributed by atoms with Gasteiger partial charge < -0.3 is 15.1 Å². The lowest BCUT2D eigenvalue weighted by Gasteiger charge is -2.32. The van der Waals surface area contributed by atoms with Gasteiger partial charge in [-0.15, -0.1) is 0 Å². The molecule has 1 aliphatic rings. The SMILES string of the molecule is Cc1cccc([N+](=O)[O-])c1NC(=O)C[NH+]1CCN(C(=O)c2ccccc2)CC1. The molecule has 0 radical (unpaired) electrons. The van der Waals surface area contributed by atoms with E-state index in [1.54, 1.807) is 36.1 Å². The number of piperazine rings is 1. The van der Waals surface area contributed by atoms with Crippen LogP contribution < -0.4 is 10.2 Å². The lowest BCUT2D eigenvalue weighted by Crippen LogP contribution is -3.15. The summed E-state index contributed by atoms with van der Waals surface area (Å²) in [5.74, 6) is -0.269. The van der Waals surface area contributed by atoms with E-state index in [1.807, 2.05) is 18.2 Å². The molecule has 146 valence electrons. The van der Waals surface area contributed by atoms with E-state index in [4.69, 9.17) is 0 Å². The molecule has 8 nitrogen and oxygen atoms in total. The molecule has 1 aliphatic heterocycles. The van der Waals surface area contributed by atoms with Crippen molar-refractivity contribution in [1.82, 2.24) is 4.90 Å². The van der Waals surface area contributed by atoms with Gasteiger partial charge in [-0.1, -0.05) is 30.3 Å². The summed E-state index contributed by atoms with van der Waals surface area (Å²) in [4.78, 5) is 38.4. The second-order valence-corrected chi connectivity index (χ2v) is 6.86. The van der Waals surface area contributed by atoms with Crippen molar-refractivity contribution < 1.29 is 19.4 Å². The average molecular weight is 383 g/mol. The molecule has 1 saturated heterocycles. The lowest BCUT2D eigenvalue weighted by atomic mass is 10.1. The van der Waals surface area contributed by atoms with Gasteiger partial charge >= 0.3 is 0 Å². The van der Waals surface area contributed by atoms with Crippen molar-refractivity contribution in [3.8, 4) is 0 Å². The van der Waals surface area contributed by atoms with E-state index >= 15 is 0 Å². The highest BCUT2D eigenvalue weighted by molar-refractivity contribution is 5.95. The smallest absolute Gasteiger partial charge is 0.293 e. The van der Waals surface area contributed by atoms with Gasteiger partial charge in [0.25, 0.3) is 17.5 Å². The van der Waals surface area contributed by atoms with Crippen LogP contribution in [-0.4, -0.2) is 54.4 Å². The molecule has 0 bridgehead atoms. The fourth-order valence-electron chi connectivity index (χ4n) is 3.34. The maximum atomic E-state index is 12.5. The van der Waals surface area contributed by atoms with Crippen LogP contribution in [-0.2, 0) is 4.79 Å². The van der Waals surface area contributed by atoms with Crippen molar-refractivity contribution in [2.24, 2.45) is 0 Å². The summed E-state index contributed by atoms with van der Waals surface area (Å²) in [7, 11) is 0. The molecule has 28 heavy (non-hydrogen) atoms. The molecule has 3 rings (SSSR count). The summed E-state index contributed by atoms with van der Waals surface area (Å²) in [6.45, 7) is 4.38. The van der Waals surface area contributed by atoms with Crippen LogP contribution in [0.5, 0.6) is 0 Å². The number of anilines is 1. The second kappa shape index (κ2) is 8.62. The Kier molecular flexibility index (Phi) is 6.00. The summed E-state index contributed by atoms with van der Waals surface area (Å²) in [5, 5.41) is 13.9. The number of benzene rings is 2. The van der Waals surface area contributed by atoms with Crippen molar-refractivity contribution in [2.45, 2.75) is 6.92 Å². The van der Waals surface area contributed by atoms with Crippen LogP contribution in [0.4, 0.5) is 11.4 Å². The number of rotatable bonds is 5. The van der Waals surface area contributed by atoms with Crippen LogP contribution >= 0.6 is 0 Å². The van der Waals surface area contributed by atoms with Gasteiger partial charge in [-0.2, -0.15) is 0 Å². The number of carbonyl (C=O) groups is 2. The predicted molar refractivity (Wildman–Crippen MR) is 104 cm³/mol. The number of carbonyl (C=O) groups excluding carboxylic acids is 2. The molecule has 1 fully saturated rings. The zero-order valence-corrected chi connectivity index (χ0v) is 15.7. The van der Waals surface area contributed by atoms with Gasteiger partial charge in [-0.25, -0.2) is 0 Å². The standard InChI is InChI=1S/C20H22N4O4/c1-15-6-5-9-17(24(27)28)19(15)21-18(25)14-22-10-12-23(13-11-22)20(26)16-7-3-2-4-8-16/h2-9H,10-14H2,1H3,(H,21,25)/p+1. The van der Waals surface area contributed by atoms with Gasteiger partial charge in [0.05, 0.1) is 31.1 Å².